The molecule has 250 valence electrons. The summed E-state index contributed by atoms with van der Waals surface area (Å²) < 4.78 is 70.3. The van der Waals surface area contributed by atoms with Crippen molar-refractivity contribution < 1.29 is 36.6 Å². The van der Waals surface area contributed by atoms with Gasteiger partial charge in [-0.3, -0.25) is 9.20 Å². The number of carboxylic acids is 1. The lowest BCUT2D eigenvalue weighted by Crippen LogP contribution is -2.50. The molecule has 1 atom stereocenters. The quantitative estimate of drug-likeness (QED) is 0.276. The summed E-state index contributed by atoms with van der Waals surface area (Å²) in [6, 6.07) is 8.72. The lowest BCUT2D eigenvalue weighted by atomic mass is 9.70. The average molecular weight is 670 g/mol. The zero-order chi connectivity index (χ0) is 33.9. The van der Waals surface area contributed by atoms with E-state index in [1.807, 2.05) is 25.1 Å². The van der Waals surface area contributed by atoms with Gasteiger partial charge in [-0.1, -0.05) is 18.2 Å². The lowest BCUT2D eigenvalue weighted by Gasteiger charge is -2.38. The minimum Gasteiger partial charge on any atom is -0.481 e. The van der Waals surface area contributed by atoms with E-state index in [4.69, 9.17) is 9.47 Å². The van der Waals surface area contributed by atoms with Gasteiger partial charge < -0.3 is 14.6 Å². The maximum atomic E-state index is 14.3. The Kier molecular flexibility index (Phi) is 8.33. The van der Waals surface area contributed by atoms with Gasteiger partial charge in [-0.05, 0) is 80.1 Å². The van der Waals surface area contributed by atoms with Gasteiger partial charge in [0.05, 0.1) is 25.2 Å². The Hall–Kier alpha value is -4.01. The molecule has 47 heavy (non-hydrogen) atoms. The minimum absolute atomic E-state index is 0.0000341. The standard InChI is InChI=1S/C33H37F2N5O6S/c1-19-14-25-30(36-16-19)46-33(9-12-45-13-10-33)18-39(47(25,43)44)17-23-15-22(7-6-20(23)2)26(32(4,5)31(41)42)24-8-11-40-28(21(24)3)37-38-29(40)27(34)35/h6-8,11,14-16,26-27H,9-10,12-13,17-18H2,1-5H3,(H,41,42)/t26-/m0/s1. The fourth-order valence-electron chi connectivity index (χ4n) is 6.63. The molecular formula is C33H37F2N5O6S. The third-order valence-electron chi connectivity index (χ3n) is 9.48. The van der Waals surface area contributed by atoms with Gasteiger partial charge in [-0.25, -0.2) is 22.2 Å². The van der Waals surface area contributed by atoms with Crippen LogP contribution >= 0.6 is 0 Å². The van der Waals surface area contributed by atoms with Crippen molar-refractivity contribution in [3.05, 3.63) is 81.9 Å². The SMILES string of the molecule is Cc1cnc2c(c1)S(=O)(=O)N(Cc1cc([C@@H](c3ccn4c(C(F)F)nnc4c3C)C(C)(C)C(=O)O)ccc1C)CC1(CCOCC1)O2. The number of carboxylic acid groups (broad SMARTS) is 1. The summed E-state index contributed by atoms with van der Waals surface area (Å²) in [5.41, 5.74) is 1.91. The zero-order valence-corrected chi connectivity index (χ0v) is 27.6. The maximum Gasteiger partial charge on any atom is 0.310 e. The average Bonchev–Trinajstić information content (AvgIpc) is 3.43. The van der Waals surface area contributed by atoms with E-state index >= 15 is 0 Å². The molecule has 14 heteroatoms. The maximum absolute atomic E-state index is 14.3. The van der Waals surface area contributed by atoms with Gasteiger partial charge in [0.25, 0.3) is 6.43 Å². The number of carbonyl (C=O) groups is 1. The Morgan fingerprint density at radius 3 is 2.51 bits per heavy atom. The normalized spacial score (nSPS) is 18.6. The van der Waals surface area contributed by atoms with Crippen molar-refractivity contribution in [2.75, 3.05) is 19.8 Å². The number of halogens is 2. The molecule has 0 saturated carbocycles. The lowest BCUT2D eigenvalue weighted by molar-refractivity contribution is -0.147. The van der Waals surface area contributed by atoms with E-state index in [0.29, 0.717) is 53.9 Å². The minimum atomic E-state index is -4.06. The van der Waals surface area contributed by atoms with Crippen LogP contribution in [0.2, 0.25) is 0 Å². The number of alkyl halides is 2. The summed E-state index contributed by atoms with van der Waals surface area (Å²) in [5.74, 6) is -2.25. The van der Waals surface area contributed by atoms with Gasteiger partial charge >= 0.3 is 5.97 Å². The Labute approximate surface area is 271 Å². The third-order valence-corrected chi connectivity index (χ3v) is 11.3. The highest BCUT2D eigenvalue weighted by Crippen LogP contribution is 2.44. The summed E-state index contributed by atoms with van der Waals surface area (Å²) in [6.45, 7) is 9.49. The van der Waals surface area contributed by atoms with Gasteiger partial charge in [0.15, 0.2) is 5.65 Å². The summed E-state index contributed by atoms with van der Waals surface area (Å²) in [6.07, 6.45) is 1.15. The Morgan fingerprint density at radius 2 is 1.83 bits per heavy atom. The molecule has 2 aliphatic rings. The molecule has 1 spiro atoms. The first-order chi connectivity index (χ1) is 22.1. The second kappa shape index (κ2) is 11.9. The van der Waals surface area contributed by atoms with Gasteiger partial charge in [0.1, 0.15) is 10.5 Å². The van der Waals surface area contributed by atoms with E-state index in [0.717, 1.165) is 5.56 Å². The number of aryl methyl sites for hydroxylation is 3. The van der Waals surface area contributed by atoms with Crippen molar-refractivity contribution in [3.8, 4) is 5.88 Å². The predicted molar refractivity (Wildman–Crippen MR) is 167 cm³/mol. The van der Waals surface area contributed by atoms with Crippen molar-refractivity contribution in [2.45, 2.75) is 76.8 Å². The highest BCUT2D eigenvalue weighted by molar-refractivity contribution is 7.89. The summed E-state index contributed by atoms with van der Waals surface area (Å²) in [4.78, 5) is 17.1. The third kappa shape index (κ3) is 5.76. The van der Waals surface area contributed by atoms with Crippen molar-refractivity contribution in [3.63, 3.8) is 0 Å². The zero-order valence-electron chi connectivity index (χ0n) is 26.8. The highest BCUT2D eigenvalue weighted by Gasteiger charge is 2.46. The van der Waals surface area contributed by atoms with Crippen LogP contribution in [0.1, 0.15) is 78.2 Å². The Bertz CT molecular complexity index is 1970. The fraction of sp³-hybridized carbons (Fsp3) is 0.455. The van der Waals surface area contributed by atoms with Crippen LogP contribution in [-0.4, -0.2) is 68.7 Å². The number of fused-ring (bicyclic) bond motifs is 2. The second-order valence-corrected chi connectivity index (χ2v) is 15.0. The first-order valence-corrected chi connectivity index (χ1v) is 16.8. The number of aliphatic carboxylic acids is 1. The number of benzene rings is 1. The van der Waals surface area contributed by atoms with Gasteiger partial charge in [-0.2, -0.15) is 4.31 Å². The number of ether oxygens (including phenoxy) is 2. The van der Waals surface area contributed by atoms with Crippen molar-refractivity contribution in [2.24, 2.45) is 5.41 Å². The fourth-order valence-corrected chi connectivity index (χ4v) is 8.28. The number of sulfonamides is 1. The largest absolute Gasteiger partial charge is 0.481 e. The van der Waals surface area contributed by atoms with Crippen LogP contribution in [0.15, 0.2) is 47.6 Å². The van der Waals surface area contributed by atoms with Crippen molar-refractivity contribution in [1.29, 1.82) is 0 Å². The number of nitrogens with zero attached hydrogens (tertiary/aromatic N) is 5. The highest BCUT2D eigenvalue weighted by atomic mass is 32.2. The second-order valence-electron chi connectivity index (χ2n) is 13.1. The van der Waals surface area contributed by atoms with Crippen LogP contribution in [0, 0.1) is 26.2 Å². The first kappa shape index (κ1) is 32.9. The van der Waals surface area contributed by atoms with Gasteiger partial charge in [-0.15, -0.1) is 10.2 Å². The van der Waals surface area contributed by atoms with Crippen LogP contribution in [0.25, 0.3) is 5.65 Å². The molecule has 1 N–H and O–H groups in total. The van der Waals surface area contributed by atoms with Crippen LogP contribution in [-0.2, 0) is 26.1 Å². The van der Waals surface area contributed by atoms with Crippen LogP contribution in [0.3, 0.4) is 0 Å². The summed E-state index contributed by atoms with van der Waals surface area (Å²) in [7, 11) is -4.06. The Balaban J connectivity index is 1.46. The summed E-state index contributed by atoms with van der Waals surface area (Å²) in [5, 5.41) is 18.1. The van der Waals surface area contributed by atoms with E-state index in [9.17, 15) is 27.1 Å². The van der Waals surface area contributed by atoms with Crippen molar-refractivity contribution >= 4 is 21.6 Å². The molecular weight excluding hydrogens is 632 g/mol. The Morgan fingerprint density at radius 1 is 1.11 bits per heavy atom. The number of aromatic nitrogens is 4. The first-order valence-electron chi connectivity index (χ1n) is 15.3. The molecule has 0 bridgehead atoms. The van der Waals surface area contributed by atoms with Crippen LogP contribution in [0.4, 0.5) is 8.78 Å². The monoisotopic (exact) mass is 669 g/mol. The van der Waals surface area contributed by atoms with Crippen molar-refractivity contribution in [1.82, 2.24) is 23.9 Å². The number of hydrogen-bond donors (Lipinski definition) is 1. The smallest absolute Gasteiger partial charge is 0.310 e. The molecule has 11 nitrogen and oxygen atoms in total. The molecule has 4 aromatic rings. The number of hydrogen-bond acceptors (Lipinski definition) is 8. The number of pyridine rings is 2. The van der Waals surface area contributed by atoms with Crippen LogP contribution < -0.4 is 4.74 Å². The number of rotatable bonds is 7. The molecule has 1 aromatic carbocycles. The molecule has 6 rings (SSSR count). The summed E-state index contributed by atoms with van der Waals surface area (Å²) >= 11 is 0. The van der Waals surface area contributed by atoms with E-state index in [2.05, 4.69) is 15.2 Å². The molecule has 1 fully saturated rings. The van der Waals surface area contributed by atoms with E-state index in [1.165, 1.54) is 14.9 Å². The molecule has 0 radical (unpaired) electrons. The molecule has 0 amide bonds. The topological polar surface area (TPSA) is 136 Å². The molecule has 5 heterocycles. The van der Waals surface area contributed by atoms with E-state index < -0.39 is 45.2 Å². The van der Waals surface area contributed by atoms with E-state index in [-0.39, 0.29) is 29.5 Å². The van der Waals surface area contributed by atoms with E-state index in [1.54, 1.807) is 46.0 Å². The molecule has 1 saturated heterocycles. The van der Waals surface area contributed by atoms with Gasteiger partial charge in [0, 0.05) is 37.7 Å². The molecule has 3 aromatic heterocycles. The van der Waals surface area contributed by atoms with Crippen LogP contribution in [0.5, 0.6) is 5.88 Å². The molecule has 0 aliphatic carbocycles. The van der Waals surface area contributed by atoms with Gasteiger partial charge in [0.2, 0.25) is 21.7 Å². The predicted octanol–water partition coefficient (Wildman–Crippen LogP) is 5.36. The molecule has 0 unspecified atom stereocenters. The molecule has 2 aliphatic heterocycles.